The number of carbonyl (C=O) groups excluding carboxylic acids is 1. The molecule has 1 aromatic heterocycles. The van der Waals surface area contributed by atoms with Crippen molar-refractivity contribution in [3.05, 3.63) is 36.1 Å². The lowest BCUT2D eigenvalue weighted by Crippen LogP contribution is -2.36. The van der Waals surface area contributed by atoms with Crippen molar-refractivity contribution >= 4 is 16.9 Å². The fourth-order valence-electron chi connectivity index (χ4n) is 1.89. The van der Waals surface area contributed by atoms with Crippen LogP contribution < -0.4 is 5.32 Å². The molecule has 1 N–H and O–H groups in total. The van der Waals surface area contributed by atoms with E-state index < -0.39 is 0 Å². The number of furan rings is 1. The summed E-state index contributed by atoms with van der Waals surface area (Å²) in [7, 11) is 0. The highest BCUT2D eigenvalue weighted by atomic mass is 16.3. The first kappa shape index (κ1) is 13.7. The molecule has 0 radical (unpaired) electrons. The van der Waals surface area contributed by atoms with E-state index in [9.17, 15) is 4.79 Å². The minimum Gasteiger partial charge on any atom is -0.461 e. The van der Waals surface area contributed by atoms with Crippen LogP contribution in [0.5, 0.6) is 0 Å². The zero-order valence-electron chi connectivity index (χ0n) is 11.8. The Morgan fingerprint density at radius 3 is 2.68 bits per heavy atom. The van der Waals surface area contributed by atoms with Crippen LogP contribution in [0.15, 0.2) is 34.7 Å². The molecule has 3 nitrogen and oxygen atoms in total. The summed E-state index contributed by atoms with van der Waals surface area (Å²) in [5.41, 5.74) is 0.883. The van der Waals surface area contributed by atoms with Gasteiger partial charge in [0.05, 0.1) is 0 Å². The largest absolute Gasteiger partial charge is 0.461 e. The molecule has 0 aliphatic carbocycles. The second kappa shape index (κ2) is 5.91. The van der Waals surface area contributed by atoms with Gasteiger partial charge in [-0.3, -0.25) is 4.79 Å². The molecule has 1 atom stereocenters. The first-order valence-corrected chi connectivity index (χ1v) is 6.83. The Morgan fingerprint density at radius 2 is 2.00 bits per heavy atom. The summed E-state index contributed by atoms with van der Waals surface area (Å²) in [4.78, 5) is 11.8. The van der Waals surface area contributed by atoms with Gasteiger partial charge in [-0.1, -0.05) is 32.0 Å². The van der Waals surface area contributed by atoms with Gasteiger partial charge < -0.3 is 9.73 Å². The van der Waals surface area contributed by atoms with E-state index >= 15 is 0 Å². The number of fused-ring (bicyclic) bond motifs is 1. The maximum Gasteiger partial charge on any atom is 0.220 e. The summed E-state index contributed by atoms with van der Waals surface area (Å²) in [6.45, 7) is 6.23. The highest BCUT2D eigenvalue weighted by molar-refractivity contribution is 5.79. The van der Waals surface area contributed by atoms with Crippen LogP contribution in [0, 0.1) is 5.92 Å². The topological polar surface area (TPSA) is 42.2 Å². The Labute approximate surface area is 114 Å². The lowest BCUT2D eigenvalue weighted by molar-refractivity contribution is -0.122. The number of carbonyl (C=O) groups is 1. The monoisotopic (exact) mass is 259 g/mol. The van der Waals surface area contributed by atoms with Gasteiger partial charge in [-0.2, -0.15) is 0 Å². The molecule has 1 heterocycles. The van der Waals surface area contributed by atoms with Crippen molar-refractivity contribution in [1.29, 1.82) is 0 Å². The highest BCUT2D eigenvalue weighted by Gasteiger charge is 2.11. The smallest absolute Gasteiger partial charge is 0.220 e. The number of nitrogens with one attached hydrogen (secondary N) is 1. The Kier molecular flexibility index (Phi) is 4.25. The first-order chi connectivity index (χ1) is 9.06. The molecule has 1 unspecified atom stereocenters. The summed E-state index contributed by atoms with van der Waals surface area (Å²) in [6.07, 6.45) is 1.11. The fraction of sp³-hybridized carbons (Fsp3) is 0.438. The lowest BCUT2D eigenvalue weighted by atomic mass is 10.1. The van der Waals surface area contributed by atoms with E-state index in [1.165, 1.54) is 0 Å². The van der Waals surface area contributed by atoms with Crippen molar-refractivity contribution in [2.45, 2.75) is 39.7 Å². The highest BCUT2D eigenvalue weighted by Crippen LogP contribution is 2.19. The third-order valence-corrected chi connectivity index (χ3v) is 3.46. The molecule has 0 bridgehead atoms. The number of para-hydroxylation sites is 1. The van der Waals surface area contributed by atoms with Crippen molar-refractivity contribution < 1.29 is 9.21 Å². The molecule has 0 saturated carbocycles. The second-order valence-electron chi connectivity index (χ2n) is 5.35. The lowest BCUT2D eigenvalue weighted by Gasteiger charge is -2.17. The van der Waals surface area contributed by atoms with Crippen LogP contribution in [0.4, 0.5) is 0 Å². The van der Waals surface area contributed by atoms with Crippen molar-refractivity contribution in [2.24, 2.45) is 5.92 Å². The SMILES string of the molecule is CC(C)C(C)NC(=O)CCc1cc2ccccc2o1. The Morgan fingerprint density at radius 1 is 1.26 bits per heavy atom. The normalized spacial score (nSPS) is 12.8. The van der Waals surface area contributed by atoms with Crippen molar-refractivity contribution in [3.63, 3.8) is 0 Å². The molecule has 102 valence electrons. The van der Waals surface area contributed by atoms with Crippen LogP contribution in [0.1, 0.15) is 33.0 Å². The van der Waals surface area contributed by atoms with E-state index in [0.29, 0.717) is 18.8 Å². The van der Waals surface area contributed by atoms with Gasteiger partial charge in [0.15, 0.2) is 0 Å². The van der Waals surface area contributed by atoms with Crippen LogP contribution in [0.3, 0.4) is 0 Å². The molecular formula is C16H21NO2. The van der Waals surface area contributed by atoms with Gasteiger partial charge in [0.2, 0.25) is 5.91 Å². The minimum atomic E-state index is 0.0849. The molecule has 0 saturated heterocycles. The summed E-state index contributed by atoms with van der Waals surface area (Å²) in [5.74, 6) is 1.41. The van der Waals surface area contributed by atoms with Gasteiger partial charge in [-0.25, -0.2) is 0 Å². The quantitative estimate of drug-likeness (QED) is 0.892. The van der Waals surface area contributed by atoms with Crippen LogP contribution in [0.2, 0.25) is 0 Å². The van der Waals surface area contributed by atoms with Crippen molar-refractivity contribution in [3.8, 4) is 0 Å². The van der Waals surface area contributed by atoms with Crippen LogP contribution in [0.25, 0.3) is 11.0 Å². The number of hydrogen-bond acceptors (Lipinski definition) is 2. The second-order valence-corrected chi connectivity index (χ2v) is 5.35. The number of hydrogen-bond donors (Lipinski definition) is 1. The molecule has 3 heteroatoms. The number of amides is 1. The standard InChI is InChI=1S/C16H21NO2/c1-11(2)12(3)17-16(18)9-8-14-10-13-6-4-5-7-15(13)19-14/h4-7,10-12H,8-9H2,1-3H3,(H,17,18). The maximum atomic E-state index is 11.8. The molecule has 2 rings (SSSR count). The predicted molar refractivity (Wildman–Crippen MR) is 77.0 cm³/mol. The molecule has 1 amide bonds. The molecular weight excluding hydrogens is 238 g/mol. The van der Waals surface area contributed by atoms with E-state index in [4.69, 9.17) is 4.42 Å². The number of rotatable bonds is 5. The van der Waals surface area contributed by atoms with E-state index in [0.717, 1.165) is 16.7 Å². The van der Waals surface area contributed by atoms with Gasteiger partial charge in [0.25, 0.3) is 0 Å². The zero-order chi connectivity index (χ0) is 13.8. The molecule has 0 fully saturated rings. The number of aryl methyl sites for hydroxylation is 1. The average molecular weight is 259 g/mol. The predicted octanol–water partition coefficient (Wildman–Crippen LogP) is 3.53. The third kappa shape index (κ3) is 3.60. The van der Waals surface area contributed by atoms with E-state index in [1.807, 2.05) is 37.3 Å². The molecule has 0 aliphatic heterocycles. The Balaban J connectivity index is 1.90. The van der Waals surface area contributed by atoms with E-state index in [-0.39, 0.29) is 11.9 Å². The molecule has 0 aliphatic rings. The van der Waals surface area contributed by atoms with Crippen LogP contribution in [-0.4, -0.2) is 11.9 Å². The summed E-state index contributed by atoms with van der Waals surface area (Å²) in [6, 6.07) is 10.1. The fourth-order valence-corrected chi connectivity index (χ4v) is 1.89. The molecule has 2 aromatic rings. The molecule has 1 aromatic carbocycles. The van der Waals surface area contributed by atoms with Gasteiger partial charge >= 0.3 is 0 Å². The van der Waals surface area contributed by atoms with Crippen molar-refractivity contribution in [2.75, 3.05) is 0 Å². The summed E-state index contributed by atoms with van der Waals surface area (Å²) < 4.78 is 5.69. The van der Waals surface area contributed by atoms with Gasteiger partial charge in [-0.15, -0.1) is 0 Å². The first-order valence-electron chi connectivity index (χ1n) is 6.83. The maximum absolute atomic E-state index is 11.8. The number of benzene rings is 1. The minimum absolute atomic E-state index is 0.0849. The molecule has 19 heavy (non-hydrogen) atoms. The summed E-state index contributed by atoms with van der Waals surface area (Å²) in [5, 5.41) is 4.09. The van der Waals surface area contributed by atoms with Gasteiger partial charge in [-0.05, 0) is 25.0 Å². The Hall–Kier alpha value is -1.77. The third-order valence-electron chi connectivity index (χ3n) is 3.46. The Bertz CT molecular complexity index is 524. The van der Waals surface area contributed by atoms with E-state index in [2.05, 4.69) is 19.2 Å². The van der Waals surface area contributed by atoms with Crippen molar-refractivity contribution in [1.82, 2.24) is 5.32 Å². The van der Waals surface area contributed by atoms with Crippen LogP contribution in [-0.2, 0) is 11.2 Å². The van der Waals surface area contributed by atoms with Gasteiger partial charge in [0.1, 0.15) is 11.3 Å². The zero-order valence-corrected chi connectivity index (χ0v) is 11.8. The van der Waals surface area contributed by atoms with Crippen LogP contribution >= 0.6 is 0 Å². The van der Waals surface area contributed by atoms with Gasteiger partial charge in [0, 0.05) is 24.3 Å². The average Bonchev–Trinajstić information content (AvgIpc) is 2.78. The molecule has 0 spiro atoms. The van der Waals surface area contributed by atoms with E-state index in [1.54, 1.807) is 0 Å². The summed E-state index contributed by atoms with van der Waals surface area (Å²) >= 11 is 0.